The highest BCUT2D eigenvalue weighted by atomic mass is 35.5. The zero-order valence-electron chi connectivity index (χ0n) is 9.78. The molecule has 0 radical (unpaired) electrons. The van der Waals surface area contributed by atoms with Crippen LogP contribution in [0.1, 0.15) is 16.8 Å². The van der Waals surface area contributed by atoms with Gasteiger partial charge in [0.25, 0.3) is 0 Å². The Morgan fingerprint density at radius 2 is 1.95 bits per heavy atom. The first-order valence-electron chi connectivity index (χ1n) is 5.60. The van der Waals surface area contributed by atoms with E-state index in [0.717, 1.165) is 17.9 Å². The first-order valence-corrected chi connectivity index (χ1v) is 7.51. The van der Waals surface area contributed by atoms with Crippen LogP contribution in [-0.2, 0) is 4.79 Å². The van der Waals surface area contributed by atoms with Crippen LogP contribution in [0.3, 0.4) is 0 Å². The number of anilines is 1. The minimum absolute atomic E-state index is 0.00980. The number of carbonyl (C=O) groups excluding carboxylic acids is 1. The number of carboxylic acid groups (broad SMARTS) is 1. The Hall–Kier alpha value is -0.910. The van der Waals surface area contributed by atoms with E-state index >= 15 is 0 Å². The van der Waals surface area contributed by atoms with Crippen molar-refractivity contribution in [3.8, 4) is 0 Å². The number of aromatic carboxylic acids is 1. The summed E-state index contributed by atoms with van der Waals surface area (Å²) >= 11 is 13.7. The molecule has 1 saturated heterocycles. The van der Waals surface area contributed by atoms with E-state index < -0.39 is 5.97 Å². The van der Waals surface area contributed by atoms with E-state index in [1.165, 1.54) is 12.1 Å². The van der Waals surface area contributed by atoms with Crippen molar-refractivity contribution in [3.05, 3.63) is 27.7 Å². The maximum atomic E-state index is 12.0. The molecule has 1 atom stereocenters. The van der Waals surface area contributed by atoms with Crippen LogP contribution in [0.5, 0.6) is 0 Å². The molecule has 19 heavy (non-hydrogen) atoms. The van der Waals surface area contributed by atoms with Crippen LogP contribution in [0.15, 0.2) is 12.1 Å². The topological polar surface area (TPSA) is 66.4 Å². The number of nitrogens with one attached hydrogen (secondary N) is 1. The zero-order chi connectivity index (χ0) is 14.0. The lowest BCUT2D eigenvalue weighted by molar-refractivity contribution is -0.119. The fraction of sp³-hybridized carbons (Fsp3) is 0.333. The van der Waals surface area contributed by atoms with Gasteiger partial charge in [0.15, 0.2) is 0 Å². The van der Waals surface area contributed by atoms with Gasteiger partial charge in [0.1, 0.15) is 0 Å². The largest absolute Gasteiger partial charge is 0.478 e. The standard InChI is InChI=1S/C12H11Cl2NO3S/c13-8-3-7(12(17)18)4-9(14)10(8)15-11(16)6-1-2-19-5-6/h3-4,6H,1-2,5H2,(H,15,16)(H,17,18). The van der Waals surface area contributed by atoms with Crippen LogP contribution in [0, 0.1) is 5.92 Å². The van der Waals surface area contributed by atoms with E-state index in [0.29, 0.717) is 0 Å². The molecule has 0 aromatic heterocycles. The maximum Gasteiger partial charge on any atom is 0.335 e. The summed E-state index contributed by atoms with van der Waals surface area (Å²) in [6, 6.07) is 2.55. The molecule has 1 unspecified atom stereocenters. The van der Waals surface area contributed by atoms with E-state index in [4.69, 9.17) is 28.3 Å². The first-order chi connectivity index (χ1) is 8.99. The number of carbonyl (C=O) groups is 2. The van der Waals surface area contributed by atoms with Crippen molar-refractivity contribution in [2.75, 3.05) is 16.8 Å². The predicted molar refractivity (Wildman–Crippen MR) is 77.5 cm³/mol. The van der Waals surface area contributed by atoms with Crippen molar-refractivity contribution in [1.29, 1.82) is 0 Å². The van der Waals surface area contributed by atoms with Crippen LogP contribution in [0.2, 0.25) is 10.0 Å². The number of hydrogen-bond acceptors (Lipinski definition) is 3. The molecule has 0 aliphatic carbocycles. The predicted octanol–water partition coefficient (Wildman–Crippen LogP) is 3.38. The normalized spacial score (nSPS) is 18.3. The Morgan fingerprint density at radius 3 is 2.42 bits per heavy atom. The second-order valence-corrected chi connectivity index (χ2v) is 6.13. The third kappa shape index (κ3) is 3.35. The van der Waals surface area contributed by atoms with Gasteiger partial charge in [-0.3, -0.25) is 4.79 Å². The number of amides is 1. The highest BCUT2D eigenvalue weighted by molar-refractivity contribution is 7.99. The molecule has 2 rings (SSSR count). The van der Waals surface area contributed by atoms with Gasteiger partial charge in [-0.15, -0.1) is 0 Å². The Kier molecular flexibility index (Phi) is 4.60. The Balaban J connectivity index is 2.20. The zero-order valence-corrected chi connectivity index (χ0v) is 12.1. The van der Waals surface area contributed by atoms with Crippen molar-refractivity contribution in [1.82, 2.24) is 0 Å². The van der Waals surface area contributed by atoms with E-state index in [1.807, 2.05) is 0 Å². The number of carboxylic acids is 1. The lowest BCUT2D eigenvalue weighted by Gasteiger charge is -2.13. The average Bonchev–Trinajstić information content (AvgIpc) is 2.86. The fourth-order valence-corrected chi connectivity index (χ4v) is 3.58. The molecular weight excluding hydrogens is 309 g/mol. The summed E-state index contributed by atoms with van der Waals surface area (Å²) in [6.45, 7) is 0. The van der Waals surface area contributed by atoms with Gasteiger partial charge in [-0.05, 0) is 24.3 Å². The molecule has 0 saturated carbocycles. The van der Waals surface area contributed by atoms with Gasteiger partial charge < -0.3 is 10.4 Å². The lowest BCUT2D eigenvalue weighted by Crippen LogP contribution is -2.22. The van der Waals surface area contributed by atoms with Crippen molar-refractivity contribution < 1.29 is 14.7 Å². The molecule has 1 fully saturated rings. The number of benzene rings is 1. The van der Waals surface area contributed by atoms with Crippen molar-refractivity contribution in [2.24, 2.45) is 5.92 Å². The lowest BCUT2D eigenvalue weighted by atomic mass is 10.1. The molecule has 0 bridgehead atoms. The van der Waals surface area contributed by atoms with E-state index in [2.05, 4.69) is 5.32 Å². The van der Waals surface area contributed by atoms with Gasteiger partial charge in [-0.25, -0.2) is 4.79 Å². The van der Waals surface area contributed by atoms with Crippen LogP contribution in [-0.4, -0.2) is 28.5 Å². The molecular formula is C12H11Cl2NO3S. The molecule has 2 N–H and O–H groups in total. The Labute approximate surface area is 124 Å². The SMILES string of the molecule is O=C(O)c1cc(Cl)c(NC(=O)C2CCSC2)c(Cl)c1. The highest BCUT2D eigenvalue weighted by Gasteiger charge is 2.24. The molecule has 1 aliphatic heterocycles. The summed E-state index contributed by atoms with van der Waals surface area (Å²) in [7, 11) is 0. The van der Waals surface area contributed by atoms with Crippen LogP contribution < -0.4 is 5.32 Å². The second-order valence-electron chi connectivity index (χ2n) is 4.17. The molecule has 1 aliphatic rings. The minimum Gasteiger partial charge on any atom is -0.478 e. The molecule has 1 amide bonds. The Bertz CT molecular complexity index is 507. The van der Waals surface area contributed by atoms with Crippen LogP contribution in [0.4, 0.5) is 5.69 Å². The van der Waals surface area contributed by atoms with Crippen LogP contribution >= 0.6 is 35.0 Å². The second kappa shape index (κ2) is 6.03. The number of thioether (sulfide) groups is 1. The summed E-state index contributed by atoms with van der Waals surface area (Å²) in [5.74, 6) is 0.466. The summed E-state index contributed by atoms with van der Waals surface area (Å²) < 4.78 is 0. The van der Waals surface area contributed by atoms with Gasteiger partial charge in [0.2, 0.25) is 5.91 Å². The first kappa shape index (κ1) is 14.5. The minimum atomic E-state index is -1.12. The molecule has 1 aromatic rings. The molecule has 1 aromatic carbocycles. The molecule has 7 heteroatoms. The number of hydrogen-bond donors (Lipinski definition) is 2. The Morgan fingerprint density at radius 1 is 1.32 bits per heavy atom. The van der Waals surface area contributed by atoms with Crippen molar-refractivity contribution in [3.63, 3.8) is 0 Å². The fourth-order valence-electron chi connectivity index (χ4n) is 1.78. The van der Waals surface area contributed by atoms with Crippen molar-refractivity contribution >= 4 is 52.5 Å². The van der Waals surface area contributed by atoms with E-state index in [1.54, 1.807) is 11.8 Å². The molecule has 0 spiro atoms. The quantitative estimate of drug-likeness (QED) is 0.896. The summed E-state index contributed by atoms with van der Waals surface area (Å²) in [4.78, 5) is 22.8. The van der Waals surface area contributed by atoms with Gasteiger partial charge in [-0.2, -0.15) is 11.8 Å². The summed E-state index contributed by atoms with van der Waals surface area (Å²) in [6.07, 6.45) is 0.832. The van der Waals surface area contributed by atoms with E-state index in [-0.39, 0.29) is 33.1 Å². The number of halogens is 2. The number of rotatable bonds is 3. The third-order valence-electron chi connectivity index (χ3n) is 2.84. The van der Waals surface area contributed by atoms with Gasteiger partial charge >= 0.3 is 5.97 Å². The maximum absolute atomic E-state index is 12.0. The van der Waals surface area contributed by atoms with Gasteiger partial charge in [-0.1, -0.05) is 23.2 Å². The monoisotopic (exact) mass is 319 g/mol. The van der Waals surface area contributed by atoms with Crippen molar-refractivity contribution in [2.45, 2.75) is 6.42 Å². The molecule has 102 valence electrons. The summed E-state index contributed by atoms with van der Waals surface area (Å²) in [5.41, 5.74) is 0.264. The highest BCUT2D eigenvalue weighted by Crippen LogP contribution is 2.33. The third-order valence-corrected chi connectivity index (χ3v) is 4.60. The smallest absolute Gasteiger partial charge is 0.335 e. The van der Waals surface area contributed by atoms with Gasteiger partial charge in [0.05, 0.1) is 21.3 Å². The molecule has 4 nitrogen and oxygen atoms in total. The van der Waals surface area contributed by atoms with Gasteiger partial charge in [0, 0.05) is 11.7 Å². The summed E-state index contributed by atoms with van der Waals surface area (Å²) in [5, 5.41) is 11.8. The average molecular weight is 320 g/mol. The van der Waals surface area contributed by atoms with E-state index in [9.17, 15) is 9.59 Å². The molecule has 1 heterocycles. The van der Waals surface area contributed by atoms with Crippen LogP contribution in [0.25, 0.3) is 0 Å².